The molecule has 1 aromatic carbocycles. The standard InChI is InChI=1S/C12H17O/c1-11(2)8-9-13-10-12-6-4-3-5-7-12/h3-7,9,11H,8,10H2,1-2H3/p+1. The Morgan fingerprint density at radius 2 is 2.00 bits per heavy atom. The average molecular weight is 178 g/mol. The second-order valence-corrected chi connectivity index (χ2v) is 3.59. The Morgan fingerprint density at radius 1 is 1.31 bits per heavy atom. The molecule has 71 valence electrons. The number of hydrogen-bond donors (Lipinski definition) is 0. The van der Waals surface area contributed by atoms with Crippen LogP contribution in [0, 0.1) is 12.5 Å². The monoisotopic (exact) mass is 178 g/mol. The highest BCUT2D eigenvalue weighted by atomic mass is 16.5. The quantitative estimate of drug-likeness (QED) is 0.627. The maximum atomic E-state index is 5.41. The van der Waals surface area contributed by atoms with Gasteiger partial charge in [-0.1, -0.05) is 44.2 Å². The van der Waals surface area contributed by atoms with Crippen molar-refractivity contribution in [2.24, 2.45) is 5.92 Å². The molecular formula is C12H18O+. The fourth-order valence-corrected chi connectivity index (χ4v) is 0.990. The molecule has 1 heteroatoms. The summed E-state index contributed by atoms with van der Waals surface area (Å²) in [4.78, 5) is 0. The number of rotatable bonds is 5. The fraction of sp³-hybridized carbons (Fsp3) is 0.417. The number of hydrogen-bond acceptors (Lipinski definition) is 1. The summed E-state index contributed by atoms with van der Waals surface area (Å²) in [7, 11) is 0. The van der Waals surface area contributed by atoms with Gasteiger partial charge in [0.25, 0.3) is 0 Å². The van der Waals surface area contributed by atoms with Crippen molar-refractivity contribution in [2.75, 3.05) is 0 Å². The van der Waals surface area contributed by atoms with Gasteiger partial charge in [-0.05, 0) is 17.9 Å². The molecule has 0 aliphatic heterocycles. The van der Waals surface area contributed by atoms with Gasteiger partial charge >= 0.3 is 1.43 Å². The number of ether oxygens (including phenoxy) is 1. The molecule has 0 aliphatic rings. The highest BCUT2D eigenvalue weighted by Gasteiger charge is 1.95. The van der Waals surface area contributed by atoms with E-state index in [1.165, 1.54) is 5.56 Å². The molecule has 0 N–H and O–H groups in total. The lowest BCUT2D eigenvalue weighted by Gasteiger charge is -2.05. The lowest BCUT2D eigenvalue weighted by Crippen LogP contribution is -1.93. The second kappa shape index (κ2) is 5.76. The third kappa shape index (κ3) is 4.69. The molecule has 0 bridgehead atoms. The molecule has 0 unspecified atom stereocenters. The molecule has 0 fully saturated rings. The Kier molecular flexibility index (Phi) is 4.55. The molecule has 1 rings (SSSR count). The van der Waals surface area contributed by atoms with Gasteiger partial charge in [-0.25, -0.2) is 0 Å². The van der Waals surface area contributed by atoms with Crippen LogP contribution in [0.15, 0.2) is 30.3 Å². The molecule has 0 heterocycles. The summed E-state index contributed by atoms with van der Waals surface area (Å²) in [6.07, 6.45) is 1.02. The molecule has 0 aliphatic carbocycles. The summed E-state index contributed by atoms with van der Waals surface area (Å²) in [5.41, 5.74) is 1.22. The zero-order valence-corrected chi connectivity index (χ0v) is 8.36. The first kappa shape index (κ1) is 10.3. The third-order valence-corrected chi connectivity index (χ3v) is 1.78. The van der Waals surface area contributed by atoms with Crippen molar-refractivity contribution in [2.45, 2.75) is 26.9 Å². The van der Waals surface area contributed by atoms with E-state index in [0.29, 0.717) is 12.5 Å². The Morgan fingerprint density at radius 3 is 2.62 bits per heavy atom. The number of benzene rings is 1. The molecule has 0 amide bonds. The fourth-order valence-electron chi connectivity index (χ4n) is 0.990. The van der Waals surface area contributed by atoms with Crippen LogP contribution in [0.4, 0.5) is 0 Å². The molecule has 0 spiro atoms. The summed E-state index contributed by atoms with van der Waals surface area (Å²) in [5, 5.41) is 0. The average Bonchev–Trinajstić information content (AvgIpc) is 2.14. The summed E-state index contributed by atoms with van der Waals surface area (Å²) < 4.78 is 5.41. The minimum Gasteiger partial charge on any atom is -0.371 e. The van der Waals surface area contributed by atoms with E-state index in [9.17, 15) is 0 Å². The molecule has 1 nitrogen and oxygen atoms in total. The van der Waals surface area contributed by atoms with Crippen LogP contribution < -0.4 is 0 Å². The molecule has 1 aromatic rings. The molecule has 0 aromatic heterocycles. The van der Waals surface area contributed by atoms with Gasteiger partial charge in [0.05, 0.1) is 13.2 Å². The first-order valence-corrected chi connectivity index (χ1v) is 4.76. The summed E-state index contributed by atoms with van der Waals surface area (Å²) >= 11 is 0. The van der Waals surface area contributed by atoms with Gasteiger partial charge in [-0.2, -0.15) is 0 Å². The van der Waals surface area contributed by atoms with Crippen molar-refractivity contribution in [3.05, 3.63) is 42.5 Å². The Hall–Kier alpha value is -0.820. The van der Waals surface area contributed by atoms with Crippen LogP contribution in [-0.2, 0) is 11.3 Å². The predicted molar refractivity (Wildman–Crippen MR) is 56.1 cm³/mol. The summed E-state index contributed by atoms with van der Waals surface area (Å²) in [6.45, 7) is 6.95. The lowest BCUT2D eigenvalue weighted by atomic mass is 10.1. The van der Waals surface area contributed by atoms with Crippen molar-refractivity contribution in [3.8, 4) is 0 Å². The van der Waals surface area contributed by atoms with Crippen LogP contribution in [0.3, 0.4) is 0 Å². The van der Waals surface area contributed by atoms with Crippen LogP contribution >= 0.6 is 0 Å². The van der Waals surface area contributed by atoms with E-state index in [-0.39, 0.29) is 1.43 Å². The minimum absolute atomic E-state index is 0. The van der Waals surface area contributed by atoms with Crippen molar-refractivity contribution in [1.82, 2.24) is 0 Å². The molecule has 1 radical (unpaired) electrons. The minimum atomic E-state index is 0. The van der Waals surface area contributed by atoms with Gasteiger partial charge in [0.1, 0.15) is 0 Å². The van der Waals surface area contributed by atoms with Crippen molar-refractivity contribution < 1.29 is 6.16 Å². The maximum absolute atomic E-state index is 5.41. The predicted octanol–water partition coefficient (Wildman–Crippen LogP) is 3.52. The van der Waals surface area contributed by atoms with E-state index in [0.717, 1.165) is 6.42 Å². The van der Waals surface area contributed by atoms with Crippen molar-refractivity contribution in [3.63, 3.8) is 0 Å². The zero-order chi connectivity index (χ0) is 9.52. The second-order valence-electron chi connectivity index (χ2n) is 3.59. The molecule has 0 saturated carbocycles. The molecular weight excluding hydrogens is 160 g/mol. The zero-order valence-electron chi connectivity index (χ0n) is 9.36. The van der Waals surface area contributed by atoms with Gasteiger partial charge in [0.2, 0.25) is 0 Å². The van der Waals surface area contributed by atoms with Gasteiger partial charge in [0.15, 0.2) is 0 Å². The summed E-state index contributed by atoms with van der Waals surface area (Å²) in [6, 6.07) is 10.2. The summed E-state index contributed by atoms with van der Waals surface area (Å²) in [5.74, 6) is 0.677. The first-order chi connectivity index (χ1) is 6.29. The maximum Gasteiger partial charge on any atom is 1.00 e. The van der Waals surface area contributed by atoms with Crippen molar-refractivity contribution >= 4 is 0 Å². The SMILES string of the molecule is CC(C)C[CH]OCc1ccccc1.[H+]. The van der Waals surface area contributed by atoms with Crippen LogP contribution in [0.25, 0.3) is 0 Å². The highest BCUT2D eigenvalue weighted by Crippen LogP contribution is 2.06. The third-order valence-electron chi connectivity index (χ3n) is 1.78. The topological polar surface area (TPSA) is 9.23 Å². The Balaban J connectivity index is 0.00000169. The first-order valence-electron chi connectivity index (χ1n) is 4.76. The van der Waals surface area contributed by atoms with Crippen molar-refractivity contribution in [1.29, 1.82) is 0 Å². The van der Waals surface area contributed by atoms with E-state index < -0.39 is 0 Å². The Bertz CT molecular complexity index is 221. The largest absolute Gasteiger partial charge is 1.00 e. The molecule has 0 saturated heterocycles. The van der Waals surface area contributed by atoms with Crippen LogP contribution in [0.2, 0.25) is 0 Å². The van der Waals surface area contributed by atoms with E-state index >= 15 is 0 Å². The highest BCUT2D eigenvalue weighted by molar-refractivity contribution is 5.13. The van der Waals surface area contributed by atoms with Gasteiger partial charge in [-0.15, -0.1) is 0 Å². The van der Waals surface area contributed by atoms with Crippen LogP contribution in [0.5, 0.6) is 0 Å². The van der Waals surface area contributed by atoms with E-state index in [1.54, 1.807) is 0 Å². The van der Waals surface area contributed by atoms with E-state index in [4.69, 9.17) is 4.74 Å². The molecule has 0 atom stereocenters. The normalized spacial score (nSPS) is 10.7. The van der Waals surface area contributed by atoms with Crippen LogP contribution in [-0.4, -0.2) is 0 Å². The Labute approximate surface area is 82.2 Å². The van der Waals surface area contributed by atoms with Gasteiger partial charge in [-0.3, -0.25) is 0 Å². The van der Waals surface area contributed by atoms with E-state index in [1.807, 2.05) is 24.8 Å². The van der Waals surface area contributed by atoms with Crippen LogP contribution in [0.1, 0.15) is 27.3 Å². The molecule has 13 heavy (non-hydrogen) atoms. The van der Waals surface area contributed by atoms with Gasteiger partial charge in [0, 0.05) is 0 Å². The van der Waals surface area contributed by atoms with Gasteiger partial charge < -0.3 is 4.74 Å². The van der Waals surface area contributed by atoms with E-state index in [2.05, 4.69) is 26.0 Å². The lowest BCUT2D eigenvalue weighted by molar-refractivity contribution is 0.171. The smallest absolute Gasteiger partial charge is 0.371 e.